The van der Waals surface area contributed by atoms with Crippen LogP contribution in [0.25, 0.3) is 22.2 Å². The van der Waals surface area contributed by atoms with Crippen molar-refractivity contribution in [3.63, 3.8) is 0 Å². The fourth-order valence-corrected chi connectivity index (χ4v) is 3.76. The molecule has 0 fully saturated rings. The number of rotatable bonds is 7. The predicted molar refractivity (Wildman–Crippen MR) is 135 cm³/mol. The van der Waals surface area contributed by atoms with Crippen LogP contribution in [0.3, 0.4) is 0 Å². The van der Waals surface area contributed by atoms with Gasteiger partial charge in [-0.2, -0.15) is 0 Å². The maximum absolute atomic E-state index is 12.2. The molecular formula is C27H29N5O2. The number of aromatic nitrogens is 3. The molecule has 7 heteroatoms. The Hall–Kier alpha value is -4.00. The molecule has 4 rings (SSSR count). The Morgan fingerprint density at radius 3 is 2.53 bits per heavy atom. The minimum atomic E-state index is -0.239. The molecule has 0 radical (unpaired) electrons. The van der Waals surface area contributed by atoms with Gasteiger partial charge in [0.05, 0.1) is 16.8 Å². The average Bonchev–Trinajstić information content (AvgIpc) is 2.83. The molecule has 0 atom stereocenters. The van der Waals surface area contributed by atoms with E-state index in [1.165, 1.54) is 0 Å². The Morgan fingerprint density at radius 1 is 1.00 bits per heavy atom. The SMILES string of the molecule is CNC(=O)c1ccnc2c(CCNc3cc(-c4ccc(OC(C)(C)C)cc4)ncn3)cccc12. The van der Waals surface area contributed by atoms with E-state index in [2.05, 4.69) is 25.6 Å². The lowest BCUT2D eigenvalue weighted by Gasteiger charge is -2.21. The van der Waals surface area contributed by atoms with Crippen molar-refractivity contribution in [2.75, 3.05) is 18.9 Å². The Kier molecular flexibility index (Phi) is 6.72. The third-order valence-electron chi connectivity index (χ3n) is 5.27. The summed E-state index contributed by atoms with van der Waals surface area (Å²) in [5.41, 5.74) is 4.12. The van der Waals surface area contributed by atoms with Crippen molar-refractivity contribution in [2.45, 2.75) is 32.8 Å². The highest BCUT2D eigenvalue weighted by molar-refractivity contribution is 6.06. The van der Waals surface area contributed by atoms with Gasteiger partial charge in [0.15, 0.2) is 0 Å². The quantitative estimate of drug-likeness (QED) is 0.413. The average molecular weight is 456 g/mol. The second-order valence-electron chi connectivity index (χ2n) is 8.96. The highest BCUT2D eigenvalue weighted by Crippen LogP contribution is 2.25. The molecule has 2 aromatic carbocycles. The molecule has 4 aromatic rings. The van der Waals surface area contributed by atoms with Crippen molar-refractivity contribution >= 4 is 22.6 Å². The van der Waals surface area contributed by atoms with Crippen LogP contribution in [0.5, 0.6) is 5.75 Å². The summed E-state index contributed by atoms with van der Waals surface area (Å²) in [7, 11) is 1.63. The standard InChI is InChI=1S/C27H29N5O2/c1-27(2,3)34-20-10-8-18(9-11-20)23-16-24(32-17-31-23)29-14-12-19-6-5-7-21-22(26(33)28-4)13-15-30-25(19)21/h5-11,13,15-17H,12,14H2,1-4H3,(H,28,33)(H,29,31,32). The van der Waals surface area contributed by atoms with Crippen molar-refractivity contribution in [3.8, 4) is 17.0 Å². The van der Waals surface area contributed by atoms with E-state index in [1.807, 2.05) is 69.3 Å². The molecule has 2 aromatic heterocycles. The molecule has 0 unspecified atom stereocenters. The van der Waals surface area contributed by atoms with Crippen LogP contribution in [-0.2, 0) is 6.42 Å². The Balaban J connectivity index is 1.45. The first-order valence-corrected chi connectivity index (χ1v) is 11.3. The van der Waals surface area contributed by atoms with Gasteiger partial charge < -0.3 is 15.4 Å². The second kappa shape index (κ2) is 9.87. The van der Waals surface area contributed by atoms with Gasteiger partial charge in [-0.15, -0.1) is 0 Å². The monoisotopic (exact) mass is 455 g/mol. The van der Waals surface area contributed by atoms with Crippen LogP contribution >= 0.6 is 0 Å². The first-order valence-electron chi connectivity index (χ1n) is 11.3. The lowest BCUT2D eigenvalue weighted by Crippen LogP contribution is -2.22. The van der Waals surface area contributed by atoms with Gasteiger partial charge in [-0.3, -0.25) is 9.78 Å². The Bertz CT molecular complexity index is 1300. The first kappa shape index (κ1) is 23.2. The lowest BCUT2D eigenvalue weighted by molar-refractivity contribution is 0.0964. The number of carbonyl (C=O) groups excluding carboxylic acids is 1. The molecule has 1 amide bonds. The molecule has 174 valence electrons. The highest BCUT2D eigenvalue weighted by atomic mass is 16.5. The molecule has 2 heterocycles. The second-order valence-corrected chi connectivity index (χ2v) is 8.96. The van der Waals surface area contributed by atoms with Gasteiger partial charge in [-0.1, -0.05) is 18.2 Å². The van der Waals surface area contributed by atoms with Crippen LogP contribution < -0.4 is 15.4 Å². The van der Waals surface area contributed by atoms with E-state index in [1.54, 1.807) is 25.6 Å². The van der Waals surface area contributed by atoms with E-state index in [-0.39, 0.29) is 11.5 Å². The van der Waals surface area contributed by atoms with Crippen molar-refractivity contribution in [3.05, 3.63) is 78.2 Å². The van der Waals surface area contributed by atoms with Gasteiger partial charge >= 0.3 is 0 Å². The summed E-state index contributed by atoms with van der Waals surface area (Å²) < 4.78 is 5.90. The number of amides is 1. The van der Waals surface area contributed by atoms with Crippen LogP contribution in [0.15, 0.2) is 67.1 Å². The number of benzene rings is 2. The van der Waals surface area contributed by atoms with Gasteiger partial charge in [0.25, 0.3) is 5.91 Å². The normalized spacial score (nSPS) is 11.3. The lowest BCUT2D eigenvalue weighted by atomic mass is 10.0. The third-order valence-corrected chi connectivity index (χ3v) is 5.27. The van der Waals surface area contributed by atoms with E-state index in [0.29, 0.717) is 12.1 Å². The minimum Gasteiger partial charge on any atom is -0.488 e. The minimum absolute atomic E-state index is 0.116. The smallest absolute Gasteiger partial charge is 0.251 e. The summed E-state index contributed by atoms with van der Waals surface area (Å²) in [6.45, 7) is 6.75. The number of ether oxygens (including phenoxy) is 1. The third kappa shape index (κ3) is 5.49. The maximum atomic E-state index is 12.2. The van der Waals surface area contributed by atoms with Crippen LogP contribution in [0.2, 0.25) is 0 Å². The number of hydrogen-bond acceptors (Lipinski definition) is 6. The fraction of sp³-hybridized carbons (Fsp3) is 0.259. The molecule has 0 saturated heterocycles. The number of carbonyl (C=O) groups is 1. The number of hydrogen-bond donors (Lipinski definition) is 2. The van der Waals surface area contributed by atoms with Gasteiger partial charge in [0, 0.05) is 36.8 Å². The summed E-state index contributed by atoms with van der Waals surface area (Å²) in [4.78, 5) is 25.5. The molecule has 34 heavy (non-hydrogen) atoms. The van der Waals surface area contributed by atoms with Gasteiger partial charge in [0.2, 0.25) is 0 Å². The number of para-hydroxylation sites is 1. The zero-order chi connectivity index (χ0) is 24.1. The number of nitrogens with zero attached hydrogens (tertiary/aromatic N) is 3. The first-order chi connectivity index (χ1) is 16.3. The summed E-state index contributed by atoms with van der Waals surface area (Å²) in [6.07, 6.45) is 3.98. The van der Waals surface area contributed by atoms with Crippen molar-refractivity contribution in [2.24, 2.45) is 0 Å². The molecule has 0 aliphatic heterocycles. The summed E-state index contributed by atoms with van der Waals surface area (Å²) in [5.74, 6) is 1.46. The largest absolute Gasteiger partial charge is 0.488 e. The van der Waals surface area contributed by atoms with Gasteiger partial charge in [0.1, 0.15) is 23.5 Å². The van der Waals surface area contributed by atoms with Crippen molar-refractivity contribution < 1.29 is 9.53 Å². The van der Waals surface area contributed by atoms with E-state index in [9.17, 15) is 4.79 Å². The maximum Gasteiger partial charge on any atom is 0.251 e. The molecular weight excluding hydrogens is 426 g/mol. The van der Waals surface area contributed by atoms with Crippen LogP contribution in [-0.4, -0.2) is 40.1 Å². The highest BCUT2D eigenvalue weighted by Gasteiger charge is 2.13. The predicted octanol–water partition coefficient (Wildman–Crippen LogP) is 4.88. The zero-order valence-corrected chi connectivity index (χ0v) is 19.9. The van der Waals surface area contributed by atoms with E-state index in [4.69, 9.17) is 4.74 Å². The molecule has 0 saturated carbocycles. The molecule has 0 aliphatic rings. The van der Waals surface area contributed by atoms with Crippen LogP contribution in [0.1, 0.15) is 36.7 Å². The molecule has 7 nitrogen and oxygen atoms in total. The van der Waals surface area contributed by atoms with Crippen LogP contribution in [0, 0.1) is 0 Å². The van der Waals surface area contributed by atoms with E-state index >= 15 is 0 Å². The number of pyridine rings is 1. The summed E-state index contributed by atoms with van der Waals surface area (Å²) in [5, 5.41) is 6.91. The number of nitrogens with one attached hydrogen (secondary N) is 2. The Labute approximate surface area is 199 Å². The molecule has 0 spiro atoms. The van der Waals surface area contributed by atoms with E-state index < -0.39 is 0 Å². The summed E-state index contributed by atoms with van der Waals surface area (Å²) >= 11 is 0. The molecule has 2 N–H and O–H groups in total. The number of anilines is 1. The number of fused-ring (bicyclic) bond motifs is 1. The molecule has 0 bridgehead atoms. The van der Waals surface area contributed by atoms with Gasteiger partial charge in [-0.05, 0) is 63.1 Å². The van der Waals surface area contributed by atoms with Crippen LogP contribution in [0.4, 0.5) is 5.82 Å². The zero-order valence-electron chi connectivity index (χ0n) is 19.9. The van der Waals surface area contributed by atoms with Gasteiger partial charge in [-0.25, -0.2) is 9.97 Å². The summed E-state index contributed by atoms with van der Waals surface area (Å²) in [6, 6.07) is 17.5. The topological polar surface area (TPSA) is 89.0 Å². The molecule has 0 aliphatic carbocycles. The van der Waals surface area contributed by atoms with Crippen molar-refractivity contribution in [1.29, 1.82) is 0 Å². The van der Waals surface area contributed by atoms with Crippen molar-refractivity contribution in [1.82, 2.24) is 20.3 Å². The Morgan fingerprint density at radius 2 is 1.79 bits per heavy atom. The van der Waals surface area contributed by atoms with E-state index in [0.717, 1.165) is 45.7 Å². The fourth-order valence-electron chi connectivity index (χ4n) is 3.76.